The van der Waals surface area contributed by atoms with Crippen molar-refractivity contribution in [3.05, 3.63) is 107 Å². The molecule has 2 aliphatic carbocycles. The Labute approximate surface area is 243 Å². The number of phenolic OH excluding ortho intramolecular Hbond substituents is 1. The maximum Gasteiger partial charge on any atom is 0.260 e. The van der Waals surface area contributed by atoms with Gasteiger partial charge in [0.15, 0.2) is 0 Å². The summed E-state index contributed by atoms with van der Waals surface area (Å²) < 4.78 is 0. The zero-order chi connectivity index (χ0) is 29.3. The molecule has 1 saturated carbocycles. The van der Waals surface area contributed by atoms with Crippen molar-refractivity contribution >= 4 is 29.3 Å². The standard InChI is InChI=1S/C34H31N3O5/c1-19-11-13-22(14-12-19)35-37-31(40)27-18-26-24(15-16-25-28(26)32(41)36(2)30(25)39)29(20-7-6-10-23(38)17-20)34(27,33(37)42)21-8-4-3-5-9-21/h3-15,17,25-29,35,38H,16,18H2,1-2H3/t25-,26+,27-,28-,29-,34+/m0/s1. The minimum absolute atomic E-state index is 0.0435. The minimum Gasteiger partial charge on any atom is -0.508 e. The second-order valence-corrected chi connectivity index (χ2v) is 11.9. The van der Waals surface area contributed by atoms with Crippen LogP contribution in [0.1, 0.15) is 35.4 Å². The van der Waals surface area contributed by atoms with Gasteiger partial charge >= 0.3 is 0 Å². The lowest BCUT2D eigenvalue weighted by Gasteiger charge is -2.50. The smallest absolute Gasteiger partial charge is 0.260 e. The normalized spacial score (nSPS) is 30.1. The Hall–Kier alpha value is -4.72. The number of carbonyl (C=O) groups is 4. The average Bonchev–Trinajstić information content (AvgIpc) is 3.35. The van der Waals surface area contributed by atoms with Gasteiger partial charge in [-0.15, -0.1) is 0 Å². The van der Waals surface area contributed by atoms with Crippen molar-refractivity contribution in [3.63, 3.8) is 0 Å². The van der Waals surface area contributed by atoms with Gasteiger partial charge in [0, 0.05) is 13.0 Å². The summed E-state index contributed by atoms with van der Waals surface area (Å²) in [6.45, 7) is 1.96. The van der Waals surface area contributed by atoms with Crippen LogP contribution in [0, 0.1) is 30.6 Å². The molecular formula is C34H31N3O5. The zero-order valence-electron chi connectivity index (χ0n) is 23.4. The molecule has 8 nitrogen and oxygen atoms in total. The molecule has 212 valence electrons. The Balaban J connectivity index is 1.46. The molecule has 2 N–H and O–H groups in total. The predicted octanol–water partition coefficient (Wildman–Crippen LogP) is 4.32. The van der Waals surface area contributed by atoms with Crippen LogP contribution in [0.5, 0.6) is 5.75 Å². The summed E-state index contributed by atoms with van der Waals surface area (Å²) in [6, 6.07) is 23.6. The van der Waals surface area contributed by atoms with E-state index >= 15 is 0 Å². The minimum atomic E-state index is -1.34. The summed E-state index contributed by atoms with van der Waals surface area (Å²) in [5.41, 5.74) is 5.65. The maximum absolute atomic E-state index is 14.9. The van der Waals surface area contributed by atoms with E-state index in [-0.39, 0.29) is 35.8 Å². The maximum atomic E-state index is 14.9. The van der Waals surface area contributed by atoms with Crippen molar-refractivity contribution in [1.29, 1.82) is 0 Å². The summed E-state index contributed by atoms with van der Waals surface area (Å²) in [6.07, 6.45) is 2.64. The van der Waals surface area contributed by atoms with Crippen LogP contribution >= 0.6 is 0 Å². The molecule has 0 spiro atoms. The van der Waals surface area contributed by atoms with Crippen molar-refractivity contribution in [2.24, 2.45) is 23.7 Å². The SMILES string of the molecule is Cc1ccc(NN2C(=O)[C@@H]3C[C@@H]4C(=CC[C@@H]5C(=O)N(C)C(=O)[C@@H]54)[C@H](c4cccc(O)c4)[C@]3(c3ccccc3)C2=O)cc1. The van der Waals surface area contributed by atoms with Gasteiger partial charge in [0.25, 0.3) is 11.8 Å². The third-order valence-electron chi connectivity index (χ3n) is 9.82. The van der Waals surface area contributed by atoms with Gasteiger partial charge in [0.1, 0.15) is 5.75 Å². The number of nitrogens with one attached hydrogen (secondary N) is 1. The van der Waals surface area contributed by atoms with Crippen LogP contribution in [0.3, 0.4) is 0 Å². The van der Waals surface area contributed by atoms with E-state index in [0.29, 0.717) is 23.2 Å². The number of hydrazine groups is 1. The van der Waals surface area contributed by atoms with Crippen molar-refractivity contribution in [1.82, 2.24) is 9.91 Å². The topological polar surface area (TPSA) is 107 Å². The lowest BCUT2D eigenvalue weighted by molar-refractivity contribution is -0.140. The molecule has 7 rings (SSSR count). The van der Waals surface area contributed by atoms with E-state index in [2.05, 4.69) is 5.43 Å². The van der Waals surface area contributed by atoms with Crippen LogP contribution in [0.4, 0.5) is 5.69 Å². The number of allylic oxidation sites excluding steroid dienone is 2. The van der Waals surface area contributed by atoms with Gasteiger partial charge in [-0.1, -0.05) is 71.8 Å². The second kappa shape index (κ2) is 9.41. The summed E-state index contributed by atoms with van der Waals surface area (Å²) in [7, 11) is 1.52. The number of fused-ring (bicyclic) bond motifs is 4. The van der Waals surface area contributed by atoms with Gasteiger partial charge in [0.2, 0.25) is 11.8 Å². The Morgan fingerprint density at radius 1 is 0.857 bits per heavy atom. The molecule has 42 heavy (non-hydrogen) atoms. The number of nitrogens with zero attached hydrogens (tertiary/aromatic N) is 2. The van der Waals surface area contributed by atoms with E-state index in [0.717, 1.165) is 16.1 Å². The number of imide groups is 2. The first kappa shape index (κ1) is 26.2. The number of aromatic hydroxyl groups is 1. The summed E-state index contributed by atoms with van der Waals surface area (Å²) in [4.78, 5) is 57.1. The highest BCUT2D eigenvalue weighted by atomic mass is 16.3. The molecule has 8 heteroatoms. The molecule has 2 aliphatic heterocycles. The predicted molar refractivity (Wildman–Crippen MR) is 155 cm³/mol. The van der Waals surface area contributed by atoms with Gasteiger partial charge in [0.05, 0.1) is 28.9 Å². The Morgan fingerprint density at radius 3 is 2.31 bits per heavy atom. The number of likely N-dealkylation sites (tertiary alicyclic amines) is 1. The number of benzene rings is 3. The van der Waals surface area contributed by atoms with Crippen molar-refractivity contribution in [3.8, 4) is 5.75 Å². The number of rotatable bonds is 4. The van der Waals surface area contributed by atoms with Gasteiger partial charge in [-0.25, -0.2) is 0 Å². The molecule has 0 bridgehead atoms. The number of carbonyl (C=O) groups excluding carboxylic acids is 4. The van der Waals surface area contributed by atoms with E-state index in [4.69, 9.17) is 0 Å². The summed E-state index contributed by atoms with van der Waals surface area (Å²) in [5, 5.41) is 11.7. The molecule has 3 aromatic rings. The zero-order valence-corrected chi connectivity index (χ0v) is 23.4. The third kappa shape index (κ3) is 3.54. The Kier molecular flexibility index (Phi) is 5.87. The molecule has 3 aromatic carbocycles. The average molecular weight is 562 g/mol. The number of anilines is 1. The fourth-order valence-electron chi connectivity index (χ4n) is 7.98. The first-order chi connectivity index (χ1) is 20.2. The van der Waals surface area contributed by atoms with Crippen LogP contribution in [-0.2, 0) is 24.6 Å². The molecule has 2 heterocycles. The number of hydrogen-bond acceptors (Lipinski definition) is 6. The van der Waals surface area contributed by atoms with Crippen molar-refractivity contribution < 1.29 is 24.3 Å². The quantitative estimate of drug-likeness (QED) is 0.363. The third-order valence-corrected chi connectivity index (χ3v) is 9.82. The van der Waals surface area contributed by atoms with Crippen molar-refractivity contribution in [2.45, 2.75) is 31.1 Å². The van der Waals surface area contributed by atoms with E-state index < -0.39 is 35.0 Å². The second-order valence-electron chi connectivity index (χ2n) is 11.9. The number of hydrogen-bond donors (Lipinski definition) is 2. The first-order valence-electron chi connectivity index (χ1n) is 14.3. The first-order valence-corrected chi connectivity index (χ1v) is 14.3. The van der Waals surface area contributed by atoms with Crippen LogP contribution in [-0.4, -0.2) is 45.7 Å². The fraction of sp³-hybridized carbons (Fsp3) is 0.294. The van der Waals surface area contributed by atoms with E-state index in [1.54, 1.807) is 18.2 Å². The van der Waals surface area contributed by atoms with Gasteiger partial charge in [-0.05, 0) is 61.1 Å². The van der Waals surface area contributed by atoms with Crippen LogP contribution in [0.2, 0.25) is 0 Å². The summed E-state index contributed by atoms with van der Waals surface area (Å²) in [5.74, 6) is -4.11. The Morgan fingerprint density at radius 2 is 1.60 bits per heavy atom. The van der Waals surface area contributed by atoms with E-state index in [1.165, 1.54) is 11.9 Å². The highest BCUT2D eigenvalue weighted by Crippen LogP contribution is 2.64. The number of amides is 4. The van der Waals surface area contributed by atoms with Gasteiger partial charge in [-0.3, -0.25) is 29.5 Å². The molecular weight excluding hydrogens is 530 g/mol. The molecule has 0 unspecified atom stereocenters. The highest BCUT2D eigenvalue weighted by molar-refractivity contribution is 6.13. The van der Waals surface area contributed by atoms with Crippen LogP contribution in [0.15, 0.2) is 90.5 Å². The molecule has 4 amide bonds. The lowest BCUT2D eigenvalue weighted by atomic mass is 9.49. The molecule has 0 radical (unpaired) electrons. The molecule has 0 aromatic heterocycles. The van der Waals surface area contributed by atoms with Crippen LogP contribution < -0.4 is 5.43 Å². The van der Waals surface area contributed by atoms with Gasteiger partial charge in [-0.2, -0.15) is 5.01 Å². The van der Waals surface area contributed by atoms with Crippen LogP contribution in [0.25, 0.3) is 0 Å². The fourth-order valence-corrected chi connectivity index (χ4v) is 7.98. The number of phenols is 1. The molecule has 2 saturated heterocycles. The summed E-state index contributed by atoms with van der Waals surface area (Å²) >= 11 is 0. The molecule has 6 atom stereocenters. The number of aryl methyl sites for hydroxylation is 1. The lowest BCUT2D eigenvalue weighted by Crippen LogP contribution is -2.53. The highest BCUT2D eigenvalue weighted by Gasteiger charge is 2.70. The molecule has 4 aliphatic rings. The largest absolute Gasteiger partial charge is 0.508 e. The van der Waals surface area contributed by atoms with E-state index in [1.807, 2.05) is 73.7 Å². The monoisotopic (exact) mass is 561 g/mol. The van der Waals surface area contributed by atoms with E-state index in [9.17, 15) is 24.3 Å². The Bertz CT molecular complexity index is 1670. The van der Waals surface area contributed by atoms with Crippen molar-refractivity contribution in [2.75, 3.05) is 12.5 Å². The molecule has 3 fully saturated rings. The van der Waals surface area contributed by atoms with Gasteiger partial charge < -0.3 is 5.11 Å².